The van der Waals surface area contributed by atoms with Crippen LogP contribution in [0, 0.1) is 31.4 Å². The highest BCUT2D eigenvalue weighted by Gasteiger charge is 2.26. The highest BCUT2D eigenvalue weighted by atomic mass is 19.1. The van der Waals surface area contributed by atoms with Gasteiger partial charge in [0.05, 0.1) is 0 Å². The molecule has 1 atom stereocenters. The molecule has 0 aromatic heterocycles. The van der Waals surface area contributed by atoms with Crippen molar-refractivity contribution in [3.05, 3.63) is 70.3 Å². The third-order valence-electron chi connectivity index (χ3n) is 7.12. The van der Waals surface area contributed by atoms with Gasteiger partial charge in [0.15, 0.2) is 0 Å². The topological polar surface area (TPSA) is 6.48 Å². The molecule has 2 aromatic rings. The number of likely N-dealkylation sites (tertiary alicyclic amines) is 1. The Morgan fingerprint density at radius 3 is 2.09 bits per heavy atom. The molecule has 0 N–H and O–H groups in total. The molecule has 1 aliphatic rings. The largest absolute Gasteiger partial charge is 0.301 e. The van der Waals surface area contributed by atoms with Gasteiger partial charge in [-0.3, -0.25) is 4.90 Å². The van der Waals surface area contributed by atoms with Crippen LogP contribution in [-0.4, -0.2) is 42.5 Å². The van der Waals surface area contributed by atoms with E-state index in [2.05, 4.69) is 55.7 Å². The van der Waals surface area contributed by atoms with Crippen LogP contribution in [0.2, 0.25) is 0 Å². The molecule has 0 saturated carbocycles. The zero-order valence-corrected chi connectivity index (χ0v) is 21.0. The molecular weight excluding hydrogens is 414 g/mol. The molecule has 33 heavy (non-hydrogen) atoms. The zero-order chi connectivity index (χ0) is 23.8. The average Bonchev–Trinajstić information content (AvgIpc) is 2.77. The predicted molar refractivity (Wildman–Crippen MR) is 135 cm³/mol. The third-order valence-corrected chi connectivity index (χ3v) is 7.12. The molecule has 1 heterocycles. The molecule has 1 aliphatic heterocycles. The molecule has 0 radical (unpaired) electrons. The van der Waals surface area contributed by atoms with Crippen LogP contribution in [0.4, 0.5) is 8.78 Å². The molecule has 0 spiro atoms. The standard InChI is InChI=1S/C29H42F2N2/c1-22(2)16-20-33(19-10-13-25-26(30)14-9-15-27(25)31)28(21-32-17-6-5-7-18-32)29-23(3)11-8-12-24(29)4/h8-9,11-12,14-15,22,28H,5-7,10,13,16-21H2,1-4H3. The molecule has 1 fully saturated rings. The summed E-state index contributed by atoms with van der Waals surface area (Å²) in [6, 6.07) is 11.1. The maximum Gasteiger partial charge on any atom is 0.129 e. The second-order valence-corrected chi connectivity index (χ2v) is 10.2. The van der Waals surface area contributed by atoms with Crippen LogP contribution in [0.25, 0.3) is 0 Å². The van der Waals surface area contributed by atoms with E-state index in [0.29, 0.717) is 18.4 Å². The Morgan fingerprint density at radius 1 is 0.879 bits per heavy atom. The van der Waals surface area contributed by atoms with E-state index in [1.54, 1.807) is 0 Å². The van der Waals surface area contributed by atoms with E-state index < -0.39 is 11.6 Å². The van der Waals surface area contributed by atoms with Crippen molar-refractivity contribution in [2.24, 2.45) is 5.92 Å². The molecule has 1 saturated heterocycles. The van der Waals surface area contributed by atoms with Gasteiger partial charge < -0.3 is 4.90 Å². The van der Waals surface area contributed by atoms with Gasteiger partial charge in [-0.05, 0) is 107 Å². The Kier molecular flexibility index (Phi) is 9.88. The van der Waals surface area contributed by atoms with Gasteiger partial charge in [-0.1, -0.05) is 44.5 Å². The first-order valence-electron chi connectivity index (χ1n) is 12.8. The van der Waals surface area contributed by atoms with Crippen LogP contribution in [0.15, 0.2) is 36.4 Å². The van der Waals surface area contributed by atoms with E-state index in [9.17, 15) is 8.78 Å². The minimum Gasteiger partial charge on any atom is -0.301 e. The van der Waals surface area contributed by atoms with Crippen LogP contribution in [0.3, 0.4) is 0 Å². The summed E-state index contributed by atoms with van der Waals surface area (Å²) in [6.07, 6.45) is 6.18. The van der Waals surface area contributed by atoms with Crippen molar-refractivity contribution in [3.8, 4) is 0 Å². The second-order valence-electron chi connectivity index (χ2n) is 10.2. The van der Waals surface area contributed by atoms with Crippen LogP contribution >= 0.6 is 0 Å². The van der Waals surface area contributed by atoms with Gasteiger partial charge in [0.1, 0.15) is 11.6 Å². The number of halogens is 2. The van der Waals surface area contributed by atoms with Gasteiger partial charge in [0, 0.05) is 18.2 Å². The number of hydrogen-bond donors (Lipinski definition) is 0. The number of piperidine rings is 1. The monoisotopic (exact) mass is 456 g/mol. The lowest BCUT2D eigenvalue weighted by Gasteiger charge is -2.39. The summed E-state index contributed by atoms with van der Waals surface area (Å²) in [5.74, 6) is -0.239. The Labute approximate surface area is 200 Å². The SMILES string of the molecule is Cc1cccc(C)c1C(CN1CCCCC1)N(CCCc1c(F)cccc1F)CCC(C)C. The average molecular weight is 457 g/mol. The van der Waals surface area contributed by atoms with Crippen molar-refractivity contribution in [1.82, 2.24) is 9.80 Å². The summed E-state index contributed by atoms with van der Waals surface area (Å²) in [5, 5.41) is 0. The first-order valence-corrected chi connectivity index (χ1v) is 12.8. The second kappa shape index (κ2) is 12.6. The lowest BCUT2D eigenvalue weighted by molar-refractivity contribution is 0.118. The van der Waals surface area contributed by atoms with Gasteiger partial charge in [-0.25, -0.2) is 8.78 Å². The molecule has 182 valence electrons. The molecule has 2 aromatic carbocycles. The number of nitrogens with zero attached hydrogens (tertiary/aromatic N) is 2. The number of hydrogen-bond acceptors (Lipinski definition) is 2. The molecule has 2 nitrogen and oxygen atoms in total. The number of rotatable bonds is 11. The van der Waals surface area contributed by atoms with Crippen molar-refractivity contribution in [2.75, 3.05) is 32.7 Å². The Balaban J connectivity index is 1.84. The highest BCUT2D eigenvalue weighted by molar-refractivity contribution is 5.36. The third kappa shape index (κ3) is 7.35. The lowest BCUT2D eigenvalue weighted by Crippen LogP contribution is -2.42. The maximum absolute atomic E-state index is 14.2. The van der Waals surface area contributed by atoms with Gasteiger partial charge in [0.2, 0.25) is 0 Å². The number of benzene rings is 2. The van der Waals surface area contributed by atoms with Crippen molar-refractivity contribution in [2.45, 2.75) is 72.3 Å². The first-order chi connectivity index (χ1) is 15.9. The fourth-order valence-electron chi connectivity index (χ4n) is 5.21. The van der Waals surface area contributed by atoms with Crippen LogP contribution in [-0.2, 0) is 6.42 Å². The Hall–Kier alpha value is -1.78. The highest BCUT2D eigenvalue weighted by Crippen LogP contribution is 2.30. The maximum atomic E-state index is 14.2. The van der Waals surface area contributed by atoms with Crippen molar-refractivity contribution >= 4 is 0 Å². The van der Waals surface area contributed by atoms with E-state index in [1.165, 1.54) is 67.2 Å². The molecule has 3 rings (SSSR count). The number of aryl methyl sites for hydroxylation is 2. The van der Waals surface area contributed by atoms with Crippen molar-refractivity contribution < 1.29 is 8.78 Å². The van der Waals surface area contributed by atoms with Crippen molar-refractivity contribution in [1.29, 1.82) is 0 Å². The van der Waals surface area contributed by atoms with Crippen LogP contribution in [0.1, 0.15) is 74.2 Å². The van der Waals surface area contributed by atoms with E-state index in [-0.39, 0.29) is 5.56 Å². The molecule has 0 bridgehead atoms. The van der Waals surface area contributed by atoms with Gasteiger partial charge >= 0.3 is 0 Å². The lowest BCUT2D eigenvalue weighted by atomic mass is 9.93. The fraction of sp³-hybridized carbons (Fsp3) is 0.586. The molecular formula is C29H42F2N2. The van der Waals surface area contributed by atoms with Crippen LogP contribution in [0.5, 0.6) is 0 Å². The van der Waals surface area contributed by atoms with E-state index in [1.807, 2.05) is 0 Å². The fourth-order valence-corrected chi connectivity index (χ4v) is 5.21. The summed E-state index contributed by atoms with van der Waals surface area (Å²) in [4.78, 5) is 5.22. The van der Waals surface area contributed by atoms with E-state index in [4.69, 9.17) is 0 Å². The van der Waals surface area contributed by atoms with Gasteiger partial charge in [0.25, 0.3) is 0 Å². The van der Waals surface area contributed by atoms with Gasteiger partial charge in [-0.15, -0.1) is 0 Å². The van der Waals surface area contributed by atoms with E-state index in [0.717, 1.165) is 32.5 Å². The normalized spacial score (nSPS) is 16.0. The minimum atomic E-state index is -0.427. The van der Waals surface area contributed by atoms with Gasteiger partial charge in [-0.2, -0.15) is 0 Å². The minimum absolute atomic E-state index is 0.223. The summed E-state index contributed by atoms with van der Waals surface area (Å²) in [7, 11) is 0. The predicted octanol–water partition coefficient (Wildman–Crippen LogP) is 7.09. The first kappa shape index (κ1) is 25.8. The zero-order valence-electron chi connectivity index (χ0n) is 21.0. The van der Waals surface area contributed by atoms with E-state index >= 15 is 0 Å². The summed E-state index contributed by atoms with van der Waals surface area (Å²) >= 11 is 0. The van der Waals surface area contributed by atoms with Crippen molar-refractivity contribution in [3.63, 3.8) is 0 Å². The van der Waals surface area contributed by atoms with Crippen LogP contribution < -0.4 is 0 Å². The molecule has 0 amide bonds. The molecule has 0 aliphatic carbocycles. The Bertz CT molecular complexity index is 833. The summed E-state index contributed by atoms with van der Waals surface area (Å²) in [5.41, 5.74) is 4.34. The smallest absolute Gasteiger partial charge is 0.129 e. The Morgan fingerprint density at radius 2 is 1.48 bits per heavy atom. The molecule has 1 unspecified atom stereocenters. The molecule has 4 heteroatoms. The summed E-state index contributed by atoms with van der Waals surface area (Å²) < 4.78 is 28.4. The quantitative estimate of drug-likeness (QED) is 0.356. The summed E-state index contributed by atoms with van der Waals surface area (Å²) in [6.45, 7) is 14.2.